The number of hydrogen-bond donors (Lipinski definition) is 0. The molecule has 0 aliphatic carbocycles. The summed E-state index contributed by atoms with van der Waals surface area (Å²) in [6.07, 6.45) is 27.7. The van der Waals surface area contributed by atoms with Gasteiger partial charge in [-0.1, -0.05) is 26.2 Å². The summed E-state index contributed by atoms with van der Waals surface area (Å²) in [6.45, 7) is 11.8. The third kappa shape index (κ3) is 12.5. The van der Waals surface area contributed by atoms with Crippen molar-refractivity contribution in [3.05, 3.63) is 40.3 Å². The molecule has 0 bridgehead atoms. The Labute approximate surface area is 300 Å². The molecule has 0 saturated carbocycles. The Bertz CT molecular complexity index is 1210. The average Bonchev–Trinajstić information content (AvgIpc) is 3.83. The van der Waals surface area contributed by atoms with E-state index >= 15 is 0 Å². The van der Waals surface area contributed by atoms with E-state index < -0.39 is 18.4 Å². The number of rotatable bonds is 27. The molecule has 0 saturated heterocycles. The Morgan fingerprint density at radius 3 is 1.43 bits per heavy atom. The molecule has 0 unspecified atom stereocenters. The number of carbonyl (C=O) groups excluding carboxylic acids is 1. The molecule has 3 heterocycles. The molecule has 0 N–H and O–H groups in total. The first-order valence-electron chi connectivity index (χ1n) is 19.4. The zero-order valence-electron chi connectivity index (χ0n) is 30.3. The van der Waals surface area contributed by atoms with Crippen LogP contribution >= 0.6 is 34.0 Å². The summed E-state index contributed by atoms with van der Waals surface area (Å²) in [7, 11) is 0. The molecule has 0 fully saturated rings. The van der Waals surface area contributed by atoms with Crippen molar-refractivity contribution >= 4 is 61.6 Å². The van der Waals surface area contributed by atoms with Gasteiger partial charge in [-0.15, -0.1) is 0 Å². The van der Waals surface area contributed by atoms with Gasteiger partial charge in [0.15, 0.2) is 0 Å². The SMILES string of the molecule is CCCCCCCCc1cc(C=O)sc1-c1ccc(-c2s[c]([Sn]([CH2]CCC)([CH2]CCC)[CH2]CCC)cc2CCCCCCCC)s1. The van der Waals surface area contributed by atoms with Gasteiger partial charge in [-0.05, 0) is 0 Å². The molecular formula is C41H66OS3Sn. The van der Waals surface area contributed by atoms with Crippen molar-refractivity contribution in [2.24, 2.45) is 0 Å². The molecule has 5 heteroatoms. The molecule has 0 aromatic carbocycles. The van der Waals surface area contributed by atoms with E-state index in [1.165, 1.54) is 142 Å². The zero-order chi connectivity index (χ0) is 33.0. The summed E-state index contributed by atoms with van der Waals surface area (Å²) in [6, 6.07) is 9.77. The molecule has 258 valence electrons. The van der Waals surface area contributed by atoms with Gasteiger partial charge in [0.05, 0.1) is 0 Å². The molecule has 0 aliphatic heterocycles. The number of carbonyl (C=O) groups is 1. The number of thiophene rings is 3. The molecular weight excluding hydrogens is 723 g/mol. The van der Waals surface area contributed by atoms with E-state index in [2.05, 4.69) is 70.2 Å². The summed E-state index contributed by atoms with van der Waals surface area (Å²) in [4.78, 5) is 18.5. The van der Waals surface area contributed by atoms with Gasteiger partial charge >= 0.3 is 276 Å². The number of aldehydes is 1. The van der Waals surface area contributed by atoms with Crippen molar-refractivity contribution in [3.8, 4) is 19.5 Å². The van der Waals surface area contributed by atoms with Crippen molar-refractivity contribution in [2.75, 3.05) is 0 Å². The van der Waals surface area contributed by atoms with Crippen molar-refractivity contribution in [1.82, 2.24) is 0 Å². The van der Waals surface area contributed by atoms with Crippen LogP contribution < -0.4 is 2.89 Å². The van der Waals surface area contributed by atoms with E-state index in [1.54, 1.807) is 35.1 Å². The van der Waals surface area contributed by atoms with Crippen molar-refractivity contribution < 1.29 is 4.79 Å². The Morgan fingerprint density at radius 1 is 0.522 bits per heavy atom. The second kappa shape index (κ2) is 23.1. The van der Waals surface area contributed by atoms with Crippen molar-refractivity contribution in [3.63, 3.8) is 0 Å². The second-order valence-corrected chi connectivity index (χ2v) is 31.3. The molecule has 0 radical (unpaired) electrons. The standard InChI is InChI=1S/C29H39OS3.3C4H9.Sn/c1-3-5-7-9-11-13-15-23-19-20-31-28(23)26-17-18-27(33-26)29-24(21-25(22-30)32-29)16-14-12-10-8-6-4-2;3*1-3-4-2;/h17-19,21-22H,3-16H2,1-2H3;3*1,3-4H2,2H3;. The molecule has 1 nitrogen and oxygen atoms in total. The van der Waals surface area contributed by atoms with Gasteiger partial charge < -0.3 is 0 Å². The molecule has 46 heavy (non-hydrogen) atoms. The summed E-state index contributed by atoms with van der Waals surface area (Å²) in [5.74, 6) is 0. The van der Waals surface area contributed by atoms with Crippen LogP contribution in [0.3, 0.4) is 0 Å². The second-order valence-electron chi connectivity index (χ2n) is 13.9. The van der Waals surface area contributed by atoms with E-state index in [4.69, 9.17) is 0 Å². The third-order valence-electron chi connectivity index (χ3n) is 9.96. The molecule has 3 aromatic heterocycles. The van der Waals surface area contributed by atoms with Gasteiger partial charge in [0.2, 0.25) is 0 Å². The van der Waals surface area contributed by atoms with Gasteiger partial charge in [-0.2, -0.15) is 0 Å². The molecule has 3 aromatic rings. The summed E-state index contributed by atoms with van der Waals surface area (Å²) >= 11 is 3.43. The van der Waals surface area contributed by atoms with E-state index in [0.717, 1.165) is 17.6 Å². The van der Waals surface area contributed by atoms with Gasteiger partial charge in [-0.3, -0.25) is 0 Å². The Kier molecular flexibility index (Phi) is 20.1. The minimum absolute atomic E-state index is 0.884. The monoisotopic (exact) mass is 790 g/mol. The van der Waals surface area contributed by atoms with Gasteiger partial charge in [0.25, 0.3) is 0 Å². The van der Waals surface area contributed by atoms with E-state index in [0.29, 0.717) is 0 Å². The summed E-state index contributed by atoms with van der Waals surface area (Å²) in [5, 5.41) is 0. The van der Waals surface area contributed by atoms with Crippen LogP contribution in [0.4, 0.5) is 0 Å². The maximum absolute atomic E-state index is 11.8. The quantitative estimate of drug-likeness (QED) is 0.0427. The molecule has 0 atom stereocenters. The predicted molar refractivity (Wildman–Crippen MR) is 215 cm³/mol. The molecule has 0 amide bonds. The summed E-state index contributed by atoms with van der Waals surface area (Å²) in [5.41, 5.74) is 3.05. The first kappa shape index (κ1) is 40.0. The van der Waals surface area contributed by atoms with Crippen LogP contribution in [-0.2, 0) is 12.8 Å². The fourth-order valence-electron chi connectivity index (χ4n) is 7.05. The van der Waals surface area contributed by atoms with E-state index in [9.17, 15) is 4.79 Å². The van der Waals surface area contributed by atoms with E-state index in [1.807, 2.05) is 14.2 Å². The average molecular weight is 790 g/mol. The number of hydrogen-bond acceptors (Lipinski definition) is 4. The summed E-state index contributed by atoms with van der Waals surface area (Å²) < 4.78 is 6.52. The first-order chi connectivity index (χ1) is 22.5. The first-order valence-corrected chi connectivity index (χ1v) is 29.3. The predicted octanol–water partition coefficient (Wildman–Crippen LogP) is 14.9. The number of unbranched alkanes of at least 4 members (excludes halogenated alkanes) is 13. The van der Waals surface area contributed by atoms with Crippen LogP contribution in [0, 0.1) is 0 Å². The normalized spacial score (nSPS) is 11.9. The Balaban J connectivity index is 1.95. The molecule has 0 aliphatic rings. The van der Waals surface area contributed by atoms with E-state index in [-0.39, 0.29) is 0 Å². The van der Waals surface area contributed by atoms with Gasteiger partial charge in [-0.25, -0.2) is 0 Å². The van der Waals surface area contributed by atoms with Crippen LogP contribution in [0.1, 0.15) is 171 Å². The van der Waals surface area contributed by atoms with Crippen LogP contribution in [0.5, 0.6) is 0 Å². The van der Waals surface area contributed by atoms with Crippen LogP contribution in [0.25, 0.3) is 19.5 Å². The van der Waals surface area contributed by atoms with Gasteiger partial charge in [0, 0.05) is 0 Å². The molecule has 0 spiro atoms. The Hall–Kier alpha value is -0.431. The van der Waals surface area contributed by atoms with Crippen LogP contribution in [0.2, 0.25) is 13.3 Å². The maximum atomic E-state index is 11.8. The zero-order valence-corrected chi connectivity index (χ0v) is 35.6. The molecule has 3 rings (SSSR count). The fraction of sp³-hybridized carbons (Fsp3) is 0.683. The third-order valence-corrected chi connectivity index (χ3v) is 31.9. The van der Waals surface area contributed by atoms with Crippen molar-refractivity contribution in [2.45, 2.75) is 176 Å². The topological polar surface area (TPSA) is 17.1 Å². The van der Waals surface area contributed by atoms with Gasteiger partial charge in [0.1, 0.15) is 0 Å². The number of aryl methyl sites for hydroxylation is 2. The minimum atomic E-state index is -2.52. The Morgan fingerprint density at radius 2 is 0.957 bits per heavy atom. The fourth-order valence-corrected chi connectivity index (χ4v) is 29.8. The van der Waals surface area contributed by atoms with Crippen LogP contribution in [-0.4, -0.2) is 24.7 Å². The van der Waals surface area contributed by atoms with Crippen LogP contribution in [0.15, 0.2) is 24.3 Å². The van der Waals surface area contributed by atoms with Crippen molar-refractivity contribution in [1.29, 1.82) is 0 Å².